The van der Waals surface area contributed by atoms with E-state index >= 15 is 0 Å². The normalized spacial score (nSPS) is 34.2. The molecule has 2 saturated heterocycles. The van der Waals surface area contributed by atoms with Crippen molar-refractivity contribution in [2.45, 2.75) is 43.8 Å². The highest BCUT2D eigenvalue weighted by Crippen LogP contribution is 2.53. The third-order valence-electron chi connectivity index (χ3n) is 8.07. The SMILES string of the molecule is Cn1ccc2c(c1=O)=CCC(N1CC3CC3C3C=C(C(=O)N4CCC(F)(F)CC4)C=NC31)C=2. The summed E-state index contributed by atoms with van der Waals surface area (Å²) in [6, 6.07) is 2.15. The van der Waals surface area contributed by atoms with Crippen LogP contribution in [0.5, 0.6) is 0 Å². The monoisotopic (exact) mass is 454 g/mol. The average Bonchev–Trinajstić information content (AvgIpc) is 3.60. The third-order valence-corrected chi connectivity index (χ3v) is 8.07. The number of aromatic nitrogens is 1. The standard InChI is InChI=1S/C25H28F2N4O2/c1-29-7-4-15-10-18(2-3-19(15)24(29)33)31-14-17-12-20(17)21-11-16(13-28-22(21)31)23(32)30-8-5-25(26,27)6-9-30/h3-4,7,10-11,13,17-18,20-22H,2,5-6,8-9,12,14H2,1H3. The molecule has 3 aliphatic heterocycles. The Labute approximate surface area is 190 Å². The van der Waals surface area contributed by atoms with Gasteiger partial charge in [0.15, 0.2) is 0 Å². The van der Waals surface area contributed by atoms with E-state index in [-0.39, 0.29) is 55.5 Å². The zero-order valence-electron chi connectivity index (χ0n) is 18.7. The minimum Gasteiger partial charge on any atom is -0.338 e. The molecule has 2 aliphatic carbocycles. The Morgan fingerprint density at radius 1 is 1.21 bits per heavy atom. The molecule has 33 heavy (non-hydrogen) atoms. The number of carbonyl (C=O) groups is 1. The zero-order valence-corrected chi connectivity index (χ0v) is 18.7. The smallest absolute Gasteiger partial charge is 0.257 e. The maximum absolute atomic E-state index is 13.5. The number of aryl methyl sites for hydroxylation is 1. The molecule has 1 aromatic rings. The van der Waals surface area contributed by atoms with E-state index in [0.717, 1.165) is 29.8 Å². The van der Waals surface area contributed by atoms with Crippen LogP contribution < -0.4 is 16.0 Å². The van der Waals surface area contributed by atoms with E-state index in [9.17, 15) is 18.4 Å². The summed E-state index contributed by atoms with van der Waals surface area (Å²) in [4.78, 5) is 34.2. The van der Waals surface area contributed by atoms with Gasteiger partial charge in [0.2, 0.25) is 0 Å². The molecule has 0 spiro atoms. The third kappa shape index (κ3) is 3.59. The van der Waals surface area contributed by atoms with Crippen LogP contribution in [-0.4, -0.2) is 64.3 Å². The molecule has 3 fully saturated rings. The number of halogens is 2. The number of pyridine rings is 1. The molecule has 6 nitrogen and oxygen atoms in total. The van der Waals surface area contributed by atoms with Gasteiger partial charge in [0.05, 0.1) is 5.57 Å². The topological polar surface area (TPSA) is 57.9 Å². The highest BCUT2D eigenvalue weighted by Gasteiger charge is 2.53. The van der Waals surface area contributed by atoms with Crippen molar-refractivity contribution in [3.63, 3.8) is 0 Å². The zero-order chi connectivity index (χ0) is 22.9. The van der Waals surface area contributed by atoms with Gasteiger partial charge in [-0.3, -0.25) is 19.5 Å². The quantitative estimate of drug-likeness (QED) is 0.667. The number of rotatable bonds is 2. The van der Waals surface area contributed by atoms with Gasteiger partial charge in [0, 0.05) is 69.1 Å². The lowest BCUT2D eigenvalue weighted by Gasteiger charge is -2.43. The number of carbonyl (C=O) groups excluding carboxylic acids is 1. The van der Waals surface area contributed by atoms with E-state index in [2.05, 4.69) is 17.1 Å². The van der Waals surface area contributed by atoms with Gasteiger partial charge in [-0.2, -0.15) is 0 Å². The number of hydrogen-bond acceptors (Lipinski definition) is 4. The molecule has 1 amide bonds. The number of nitrogens with zero attached hydrogens (tertiary/aromatic N) is 4. The van der Waals surface area contributed by atoms with E-state index in [1.165, 1.54) is 0 Å². The Morgan fingerprint density at radius 3 is 2.79 bits per heavy atom. The van der Waals surface area contributed by atoms with Crippen molar-refractivity contribution < 1.29 is 13.6 Å². The van der Waals surface area contributed by atoms with Crippen LogP contribution in [0.2, 0.25) is 0 Å². The van der Waals surface area contributed by atoms with Crippen molar-refractivity contribution in [3.8, 4) is 0 Å². The van der Waals surface area contributed by atoms with Crippen molar-refractivity contribution in [2.24, 2.45) is 29.8 Å². The summed E-state index contributed by atoms with van der Waals surface area (Å²) in [5, 5.41) is 1.73. The Balaban J connectivity index is 1.24. The molecule has 6 rings (SSSR count). The number of aliphatic imine (C=N–C) groups is 1. The molecule has 0 bridgehead atoms. The largest absolute Gasteiger partial charge is 0.338 e. The Morgan fingerprint density at radius 2 is 2.00 bits per heavy atom. The molecule has 1 aromatic heterocycles. The molecule has 1 saturated carbocycles. The van der Waals surface area contributed by atoms with Crippen LogP contribution in [-0.2, 0) is 11.8 Å². The van der Waals surface area contributed by atoms with E-state index in [1.54, 1.807) is 28.9 Å². The lowest BCUT2D eigenvalue weighted by molar-refractivity contribution is -0.132. The van der Waals surface area contributed by atoms with E-state index < -0.39 is 5.92 Å². The Kier molecular flexibility index (Phi) is 4.73. The van der Waals surface area contributed by atoms with Crippen molar-refractivity contribution in [2.75, 3.05) is 19.6 Å². The van der Waals surface area contributed by atoms with Crippen LogP contribution in [0.4, 0.5) is 8.78 Å². The van der Waals surface area contributed by atoms with Crippen molar-refractivity contribution in [3.05, 3.63) is 44.7 Å². The molecule has 0 N–H and O–H groups in total. The first-order chi connectivity index (χ1) is 15.8. The van der Waals surface area contributed by atoms with Crippen LogP contribution >= 0.6 is 0 Å². The summed E-state index contributed by atoms with van der Waals surface area (Å²) in [6.45, 7) is 1.15. The first-order valence-corrected chi connectivity index (χ1v) is 11.9. The van der Waals surface area contributed by atoms with Gasteiger partial charge in [0.1, 0.15) is 6.17 Å². The van der Waals surface area contributed by atoms with E-state index in [0.29, 0.717) is 17.4 Å². The lowest BCUT2D eigenvalue weighted by Crippen LogP contribution is -2.54. The number of likely N-dealkylation sites (tertiary alicyclic amines) is 2. The fraction of sp³-hybridized carbons (Fsp3) is 0.560. The number of amides is 1. The van der Waals surface area contributed by atoms with Crippen molar-refractivity contribution in [1.82, 2.24) is 14.4 Å². The van der Waals surface area contributed by atoms with Crippen LogP contribution in [0, 0.1) is 17.8 Å². The van der Waals surface area contributed by atoms with E-state index in [1.807, 2.05) is 12.1 Å². The number of alkyl halides is 2. The second-order valence-corrected chi connectivity index (χ2v) is 10.2. The summed E-state index contributed by atoms with van der Waals surface area (Å²) < 4.78 is 28.6. The van der Waals surface area contributed by atoms with Gasteiger partial charge < -0.3 is 9.47 Å². The second kappa shape index (κ2) is 7.45. The van der Waals surface area contributed by atoms with Crippen molar-refractivity contribution >= 4 is 24.3 Å². The van der Waals surface area contributed by atoms with Gasteiger partial charge in [-0.15, -0.1) is 0 Å². The predicted octanol–water partition coefficient (Wildman–Crippen LogP) is 0.881. The first-order valence-electron chi connectivity index (χ1n) is 11.9. The fourth-order valence-electron chi connectivity index (χ4n) is 6.01. The molecular weight excluding hydrogens is 426 g/mol. The van der Waals surface area contributed by atoms with Gasteiger partial charge in [-0.1, -0.05) is 18.2 Å². The highest BCUT2D eigenvalue weighted by atomic mass is 19.3. The second-order valence-electron chi connectivity index (χ2n) is 10.2. The summed E-state index contributed by atoms with van der Waals surface area (Å²) >= 11 is 0. The summed E-state index contributed by atoms with van der Waals surface area (Å²) in [7, 11) is 1.77. The molecule has 0 aromatic carbocycles. The van der Waals surface area contributed by atoms with Gasteiger partial charge >= 0.3 is 0 Å². The number of dihydropyridines is 1. The summed E-state index contributed by atoms with van der Waals surface area (Å²) in [5.74, 6) is -1.55. The molecule has 4 heterocycles. The Hall–Kier alpha value is -2.61. The summed E-state index contributed by atoms with van der Waals surface area (Å²) in [5.41, 5.74) is 0.570. The molecule has 5 aliphatic rings. The van der Waals surface area contributed by atoms with Crippen LogP contribution in [0.15, 0.2) is 33.7 Å². The van der Waals surface area contributed by atoms with Gasteiger partial charge in [0.25, 0.3) is 17.4 Å². The highest BCUT2D eigenvalue weighted by molar-refractivity contribution is 6.12. The average molecular weight is 455 g/mol. The molecular formula is C25H28F2N4O2. The number of hydrogen-bond donors (Lipinski definition) is 0. The maximum Gasteiger partial charge on any atom is 0.257 e. The fourth-order valence-corrected chi connectivity index (χ4v) is 6.01. The van der Waals surface area contributed by atoms with Crippen LogP contribution in [0.3, 0.4) is 0 Å². The van der Waals surface area contributed by atoms with Crippen LogP contribution in [0.1, 0.15) is 25.7 Å². The number of fused-ring (bicyclic) bond motifs is 4. The summed E-state index contributed by atoms with van der Waals surface area (Å²) in [6.07, 6.45) is 11.1. The molecule has 174 valence electrons. The molecule has 5 unspecified atom stereocenters. The molecule has 5 atom stereocenters. The molecule has 0 radical (unpaired) electrons. The maximum atomic E-state index is 13.5. The number of piperidine rings is 2. The van der Waals surface area contributed by atoms with Crippen molar-refractivity contribution in [1.29, 1.82) is 0 Å². The minimum absolute atomic E-state index is 0.0261. The van der Waals surface area contributed by atoms with Gasteiger partial charge in [-0.25, -0.2) is 8.78 Å². The van der Waals surface area contributed by atoms with E-state index in [4.69, 9.17) is 4.99 Å². The lowest BCUT2D eigenvalue weighted by atomic mass is 9.87. The predicted molar refractivity (Wildman–Crippen MR) is 121 cm³/mol. The Bertz CT molecular complexity index is 1240. The first kappa shape index (κ1) is 21.0. The minimum atomic E-state index is -2.67. The van der Waals surface area contributed by atoms with Gasteiger partial charge in [-0.05, 0) is 36.0 Å². The molecule has 8 heteroatoms. The van der Waals surface area contributed by atoms with Crippen LogP contribution in [0.25, 0.3) is 12.2 Å².